The number of piperazine rings is 1. The molecule has 3 rings (SSSR count). The van der Waals surface area contributed by atoms with Gasteiger partial charge in [0.25, 0.3) is 0 Å². The van der Waals surface area contributed by atoms with Crippen LogP contribution in [0.4, 0.5) is 5.69 Å². The molecular formula is C21H32N4O2. The van der Waals surface area contributed by atoms with Gasteiger partial charge in [-0.2, -0.15) is 0 Å². The zero-order valence-electron chi connectivity index (χ0n) is 16.5. The smallest absolute Gasteiger partial charge is 0.248 e. The van der Waals surface area contributed by atoms with Gasteiger partial charge in [0.05, 0.1) is 5.92 Å². The van der Waals surface area contributed by atoms with Gasteiger partial charge in [0, 0.05) is 49.5 Å². The Morgan fingerprint density at radius 3 is 2.26 bits per heavy atom. The van der Waals surface area contributed by atoms with Crippen LogP contribution in [-0.4, -0.2) is 59.9 Å². The van der Waals surface area contributed by atoms with Crippen molar-refractivity contribution >= 4 is 17.5 Å². The van der Waals surface area contributed by atoms with Gasteiger partial charge in [0.2, 0.25) is 11.8 Å². The van der Waals surface area contributed by atoms with E-state index in [2.05, 4.69) is 29.0 Å². The molecule has 0 aromatic heterocycles. The molecule has 6 heteroatoms. The Morgan fingerprint density at radius 2 is 1.67 bits per heavy atom. The van der Waals surface area contributed by atoms with Gasteiger partial charge < -0.3 is 16.0 Å². The lowest BCUT2D eigenvalue weighted by Gasteiger charge is -2.40. The lowest BCUT2D eigenvalue weighted by atomic mass is 9.83. The predicted molar refractivity (Wildman–Crippen MR) is 108 cm³/mol. The molecule has 2 fully saturated rings. The molecular weight excluding hydrogens is 340 g/mol. The molecule has 2 amide bonds. The van der Waals surface area contributed by atoms with E-state index in [1.165, 1.54) is 0 Å². The maximum Gasteiger partial charge on any atom is 0.248 e. The number of nitrogens with zero attached hydrogens (tertiary/aromatic N) is 2. The Labute approximate surface area is 162 Å². The van der Waals surface area contributed by atoms with Gasteiger partial charge >= 0.3 is 0 Å². The first-order chi connectivity index (χ1) is 13.0. The number of benzene rings is 1. The van der Waals surface area contributed by atoms with Crippen LogP contribution in [-0.2, 0) is 4.79 Å². The molecule has 3 N–H and O–H groups in total. The molecule has 0 spiro atoms. The fraction of sp³-hybridized carbons (Fsp3) is 0.619. The number of carbonyl (C=O) groups is 2. The average Bonchev–Trinajstić information content (AvgIpc) is 2.68. The molecule has 1 aliphatic carbocycles. The lowest BCUT2D eigenvalue weighted by Crippen LogP contribution is -2.54. The second kappa shape index (κ2) is 8.74. The third kappa shape index (κ3) is 4.80. The van der Waals surface area contributed by atoms with Crippen molar-refractivity contribution in [2.24, 2.45) is 11.7 Å². The van der Waals surface area contributed by atoms with Gasteiger partial charge in [-0.1, -0.05) is 12.8 Å². The molecule has 27 heavy (non-hydrogen) atoms. The summed E-state index contributed by atoms with van der Waals surface area (Å²) in [4.78, 5) is 28.9. The van der Waals surface area contributed by atoms with Gasteiger partial charge in [-0.25, -0.2) is 0 Å². The van der Waals surface area contributed by atoms with Crippen LogP contribution in [0.5, 0.6) is 0 Å². The van der Waals surface area contributed by atoms with E-state index in [0.717, 1.165) is 57.5 Å². The minimum absolute atomic E-state index is 0.0279. The zero-order chi connectivity index (χ0) is 19.4. The van der Waals surface area contributed by atoms with Crippen LogP contribution in [0.1, 0.15) is 49.9 Å². The molecule has 6 nitrogen and oxygen atoms in total. The van der Waals surface area contributed by atoms with Crippen LogP contribution in [0.2, 0.25) is 0 Å². The molecule has 148 valence electrons. The fourth-order valence-corrected chi connectivity index (χ4v) is 4.24. The molecule has 0 radical (unpaired) electrons. The monoisotopic (exact) mass is 372 g/mol. The van der Waals surface area contributed by atoms with E-state index < -0.39 is 5.91 Å². The van der Waals surface area contributed by atoms with Crippen LogP contribution in [0.15, 0.2) is 24.3 Å². The lowest BCUT2D eigenvalue weighted by molar-refractivity contribution is -0.138. The Kier molecular flexibility index (Phi) is 6.37. The van der Waals surface area contributed by atoms with Crippen LogP contribution in [0.25, 0.3) is 0 Å². The first-order valence-electron chi connectivity index (χ1n) is 10.1. The summed E-state index contributed by atoms with van der Waals surface area (Å²) < 4.78 is 0. The number of hydrogen-bond donors (Lipinski definition) is 2. The largest absolute Gasteiger partial charge is 0.382 e. The highest BCUT2D eigenvalue weighted by Gasteiger charge is 2.35. The molecule has 1 aromatic carbocycles. The van der Waals surface area contributed by atoms with E-state index in [4.69, 9.17) is 5.73 Å². The van der Waals surface area contributed by atoms with Crippen molar-refractivity contribution in [3.05, 3.63) is 29.8 Å². The Bertz CT molecular complexity index is 651. The third-order valence-corrected chi connectivity index (χ3v) is 5.96. The molecule has 1 aliphatic heterocycles. The van der Waals surface area contributed by atoms with Crippen LogP contribution >= 0.6 is 0 Å². The summed E-state index contributed by atoms with van der Waals surface area (Å²) in [6, 6.07) is 7.89. The number of hydrogen-bond acceptors (Lipinski definition) is 4. The summed E-state index contributed by atoms with van der Waals surface area (Å²) in [6.07, 6.45) is 4.20. The van der Waals surface area contributed by atoms with Gasteiger partial charge in [-0.15, -0.1) is 0 Å². The van der Waals surface area contributed by atoms with Crippen LogP contribution < -0.4 is 11.1 Å². The van der Waals surface area contributed by atoms with Crippen LogP contribution in [0, 0.1) is 5.92 Å². The minimum Gasteiger partial charge on any atom is -0.382 e. The van der Waals surface area contributed by atoms with E-state index in [-0.39, 0.29) is 12.0 Å². The Morgan fingerprint density at radius 1 is 1.04 bits per heavy atom. The summed E-state index contributed by atoms with van der Waals surface area (Å²) >= 11 is 0. The SMILES string of the molecule is CC(C)N1CCN(C(=O)C2CCCCC2Nc2ccc(C(N)=O)cc2)CC1. The van der Waals surface area contributed by atoms with Gasteiger partial charge in [0.1, 0.15) is 0 Å². The van der Waals surface area contributed by atoms with Crippen molar-refractivity contribution < 1.29 is 9.59 Å². The minimum atomic E-state index is -0.423. The van der Waals surface area contributed by atoms with Gasteiger partial charge in [0.15, 0.2) is 0 Å². The Balaban J connectivity index is 1.63. The van der Waals surface area contributed by atoms with Crippen molar-refractivity contribution in [2.75, 3.05) is 31.5 Å². The first kappa shape index (κ1) is 19.7. The fourth-order valence-electron chi connectivity index (χ4n) is 4.24. The van der Waals surface area contributed by atoms with E-state index >= 15 is 0 Å². The van der Waals surface area contributed by atoms with Gasteiger partial charge in [-0.3, -0.25) is 14.5 Å². The number of rotatable bonds is 5. The molecule has 2 atom stereocenters. The summed E-state index contributed by atoms with van der Waals surface area (Å²) in [5.41, 5.74) is 6.75. The first-order valence-corrected chi connectivity index (χ1v) is 10.1. The molecule has 1 aromatic rings. The second-order valence-corrected chi connectivity index (χ2v) is 8.04. The summed E-state index contributed by atoms with van der Waals surface area (Å²) in [6.45, 7) is 8.00. The number of anilines is 1. The summed E-state index contributed by atoms with van der Waals surface area (Å²) in [5.74, 6) is -0.0997. The maximum absolute atomic E-state index is 13.2. The van der Waals surface area contributed by atoms with Crippen molar-refractivity contribution in [1.29, 1.82) is 0 Å². The summed E-state index contributed by atoms with van der Waals surface area (Å²) in [5, 5.41) is 3.53. The van der Waals surface area contributed by atoms with Crippen molar-refractivity contribution in [2.45, 2.75) is 51.6 Å². The molecule has 0 bridgehead atoms. The molecule has 1 saturated heterocycles. The normalized spacial score (nSPS) is 24.0. The van der Waals surface area contributed by atoms with Crippen molar-refractivity contribution in [1.82, 2.24) is 9.80 Å². The predicted octanol–water partition coefficient (Wildman–Crippen LogP) is 2.31. The highest BCUT2D eigenvalue weighted by Crippen LogP contribution is 2.29. The van der Waals surface area contributed by atoms with E-state index in [1.807, 2.05) is 12.1 Å². The quantitative estimate of drug-likeness (QED) is 0.831. The zero-order valence-corrected chi connectivity index (χ0v) is 16.5. The number of nitrogens with two attached hydrogens (primary N) is 1. The maximum atomic E-state index is 13.2. The standard InChI is InChI=1S/C21H32N4O2/c1-15(2)24-11-13-25(14-12-24)21(27)18-5-3-4-6-19(18)23-17-9-7-16(8-10-17)20(22)26/h7-10,15,18-19,23H,3-6,11-14H2,1-2H3,(H2,22,26). The molecule has 2 aliphatic rings. The molecule has 1 heterocycles. The topological polar surface area (TPSA) is 78.7 Å². The second-order valence-electron chi connectivity index (χ2n) is 8.04. The van der Waals surface area contributed by atoms with Crippen LogP contribution in [0.3, 0.4) is 0 Å². The highest BCUT2D eigenvalue weighted by molar-refractivity contribution is 5.93. The number of nitrogens with one attached hydrogen (secondary N) is 1. The highest BCUT2D eigenvalue weighted by atomic mass is 16.2. The average molecular weight is 373 g/mol. The van der Waals surface area contributed by atoms with Crippen molar-refractivity contribution in [3.63, 3.8) is 0 Å². The van der Waals surface area contributed by atoms with E-state index in [9.17, 15) is 9.59 Å². The van der Waals surface area contributed by atoms with Crippen molar-refractivity contribution in [3.8, 4) is 0 Å². The third-order valence-electron chi connectivity index (χ3n) is 5.96. The van der Waals surface area contributed by atoms with Gasteiger partial charge in [-0.05, 0) is 51.0 Å². The van der Waals surface area contributed by atoms with E-state index in [1.54, 1.807) is 12.1 Å². The Hall–Kier alpha value is -2.08. The van der Waals surface area contributed by atoms with E-state index in [0.29, 0.717) is 17.5 Å². The number of amides is 2. The number of primary amides is 1. The molecule has 1 saturated carbocycles. The summed E-state index contributed by atoms with van der Waals surface area (Å²) in [7, 11) is 0. The molecule has 2 unspecified atom stereocenters. The number of carbonyl (C=O) groups excluding carboxylic acids is 2.